The first kappa shape index (κ1) is 14.6. The van der Waals surface area contributed by atoms with Crippen molar-refractivity contribution in [3.05, 3.63) is 47.1 Å². The minimum absolute atomic E-state index is 0.362. The van der Waals surface area contributed by atoms with Crippen LogP contribution in [0.25, 0.3) is 0 Å². The molecule has 1 aromatic heterocycles. The molecule has 4 bridgehead atoms. The number of hydrogen-bond donors (Lipinski definition) is 2. The Hall–Kier alpha value is -1.77. The summed E-state index contributed by atoms with van der Waals surface area (Å²) in [5, 5.41) is 3.87. The van der Waals surface area contributed by atoms with Gasteiger partial charge >= 0.3 is 0 Å². The molecule has 126 valence electrons. The molecule has 0 atom stereocenters. The summed E-state index contributed by atoms with van der Waals surface area (Å²) >= 11 is 0. The van der Waals surface area contributed by atoms with Crippen molar-refractivity contribution in [2.45, 2.75) is 57.9 Å². The Balaban J connectivity index is 1.41. The van der Waals surface area contributed by atoms with Crippen molar-refractivity contribution in [1.29, 1.82) is 0 Å². The summed E-state index contributed by atoms with van der Waals surface area (Å²) < 4.78 is 0. The van der Waals surface area contributed by atoms with Gasteiger partial charge in [0.2, 0.25) is 0 Å². The Morgan fingerprint density at radius 1 is 1.08 bits per heavy atom. The molecule has 5 aliphatic rings. The van der Waals surface area contributed by atoms with Gasteiger partial charge in [-0.3, -0.25) is 0 Å². The van der Waals surface area contributed by atoms with Crippen LogP contribution in [0.5, 0.6) is 0 Å². The fraction of sp³-hybridized carbons (Fsp3) is 0.571. The second-order valence-electron chi connectivity index (χ2n) is 8.67. The zero-order valence-corrected chi connectivity index (χ0v) is 14.7. The number of allylic oxidation sites excluding steroid dienone is 2. The molecule has 2 heterocycles. The molecule has 4 saturated carbocycles. The summed E-state index contributed by atoms with van der Waals surface area (Å²) in [5.41, 5.74) is 6.28. The van der Waals surface area contributed by atoms with E-state index in [0.717, 1.165) is 34.9 Å². The zero-order valence-electron chi connectivity index (χ0n) is 14.7. The molecule has 0 saturated heterocycles. The fourth-order valence-electron chi connectivity index (χ4n) is 6.05. The molecule has 4 aliphatic carbocycles. The van der Waals surface area contributed by atoms with Gasteiger partial charge < -0.3 is 10.3 Å². The Morgan fingerprint density at radius 2 is 1.75 bits per heavy atom. The van der Waals surface area contributed by atoms with Crippen LogP contribution in [-0.4, -0.2) is 16.2 Å². The van der Waals surface area contributed by atoms with Gasteiger partial charge in [-0.05, 0) is 93.4 Å². The maximum atomic E-state index is 4.92. The number of rotatable bonds is 3. The topological polar surface area (TPSA) is 40.2 Å². The Kier molecular flexibility index (Phi) is 3.10. The summed E-state index contributed by atoms with van der Waals surface area (Å²) in [6.45, 7) is 4.38. The van der Waals surface area contributed by atoms with E-state index < -0.39 is 0 Å². The molecule has 2 N–H and O–H groups in total. The lowest BCUT2D eigenvalue weighted by Gasteiger charge is -2.57. The van der Waals surface area contributed by atoms with Crippen LogP contribution in [0, 0.1) is 17.8 Å². The maximum Gasteiger partial charge on any atom is 0.0904 e. The average molecular weight is 321 g/mol. The predicted octanol–water partition coefficient (Wildman–Crippen LogP) is 4.55. The minimum atomic E-state index is 0.362. The van der Waals surface area contributed by atoms with Crippen LogP contribution < -0.4 is 5.32 Å². The van der Waals surface area contributed by atoms with Crippen LogP contribution >= 0.6 is 0 Å². The lowest BCUT2D eigenvalue weighted by atomic mass is 9.53. The normalized spacial score (nSPS) is 39.0. The lowest BCUT2D eigenvalue weighted by molar-refractivity contribution is -0.0130. The highest BCUT2D eigenvalue weighted by atomic mass is 15.0. The first-order valence-electron chi connectivity index (χ1n) is 9.50. The predicted molar refractivity (Wildman–Crippen MR) is 97.8 cm³/mol. The molecule has 0 aromatic carbocycles. The maximum absolute atomic E-state index is 4.92. The van der Waals surface area contributed by atoms with E-state index >= 15 is 0 Å². The van der Waals surface area contributed by atoms with Gasteiger partial charge in [0.25, 0.3) is 0 Å². The van der Waals surface area contributed by atoms with E-state index in [2.05, 4.69) is 36.4 Å². The quantitative estimate of drug-likeness (QED) is 0.842. The molecule has 4 fully saturated rings. The van der Waals surface area contributed by atoms with Crippen LogP contribution in [-0.2, 0) is 0 Å². The lowest BCUT2D eigenvalue weighted by Crippen LogP contribution is -2.57. The second-order valence-corrected chi connectivity index (χ2v) is 8.67. The van der Waals surface area contributed by atoms with Crippen molar-refractivity contribution in [2.24, 2.45) is 22.7 Å². The first-order chi connectivity index (χ1) is 11.6. The van der Waals surface area contributed by atoms with Gasteiger partial charge in [0, 0.05) is 17.9 Å². The van der Waals surface area contributed by atoms with E-state index in [0.29, 0.717) is 5.54 Å². The molecule has 0 radical (unpaired) electrons. The van der Waals surface area contributed by atoms with E-state index in [9.17, 15) is 0 Å². The van der Waals surface area contributed by atoms with Crippen molar-refractivity contribution < 1.29 is 0 Å². The largest absolute Gasteiger partial charge is 0.384 e. The van der Waals surface area contributed by atoms with Gasteiger partial charge in [0.1, 0.15) is 0 Å². The highest BCUT2D eigenvalue weighted by Crippen LogP contribution is 2.55. The number of aliphatic imine (C=N–C) groups is 1. The number of aromatic nitrogens is 1. The fourth-order valence-corrected chi connectivity index (χ4v) is 6.05. The number of nitrogens with one attached hydrogen (secondary N) is 2. The Morgan fingerprint density at radius 3 is 2.33 bits per heavy atom. The standard InChI is InChI=1S/C21H27N3/c1-13-14(2)20(18-4-3-5-22-18)24-19(13)12-23-21-9-15-6-16(10-21)8-17(7-15)11-21/h3-5,12,15-17,22-23H,6-11H2,1-2H3. The van der Waals surface area contributed by atoms with Crippen LogP contribution in [0.4, 0.5) is 0 Å². The molecule has 0 amide bonds. The molecular weight excluding hydrogens is 294 g/mol. The number of hydrogen-bond acceptors (Lipinski definition) is 2. The van der Waals surface area contributed by atoms with Crippen LogP contribution in [0.3, 0.4) is 0 Å². The van der Waals surface area contributed by atoms with Gasteiger partial charge in [-0.15, -0.1) is 0 Å². The van der Waals surface area contributed by atoms with Crippen LogP contribution in [0.2, 0.25) is 0 Å². The third-order valence-corrected chi connectivity index (χ3v) is 6.94. The molecule has 1 aliphatic heterocycles. The van der Waals surface area contributed by atoms with E-state index in [1.807, 2.05) is 12.3 Å². The van der Waals surface area contributed by atoms with Crippen molar-refractivity contribution in [2.75, 3.05) is 0 Å². The van der Waals surface area contributed by atoms with Crippen molar-refractivity contribution in [3.63, 3.8) is 0 Å². The molecule has 0 unspecified atom stereocenters. The molecule has 6 rings (SSSR count). The van der Waals surface area contributed by atoms with Crippen LogP contribution in [0.1, 0.15) is 58.1 Å². The zero-order chi connectivity index (χ0) is 16.3. The number of aromatic amines is 1. The summed E-state index contributed by atoms with van der Waals surface area (Å²) in [5.74, 6) is 2.92. The third-order valence-electron chi connectivity index (χ3n) is 6.94. The summed E-state index contributed by atoms with van der Waals surface area (Å²) in [6.07, 6.45) is 12.8. The van der Waals surface area contributed by atoms with Gasteiger partial charge in [-0.25, -0.2) is 4.99 Å². The summed E-state index contributed by atoms with van der Waals surface area (Å²) in [6, 6.07) is 4.14. The first-order valence-corrected chi connectivity index (χ1v) is 9.50. The van der Waals surface area contributed by atoms with Crippen LogP contribution in [0.15, 0.2) is 46.4 Å². The van der Waals surface area contributed by atoms with Gasteiger partial charge in [0.15, 0.2) is 0 Å². The second kappa shape index (κ2) is 5.11. The van der Waals surface area contributed by atoms with Gasteiger partial charge in [-0.2, -0.15) is 0 Å². The van der Waals surface area contributed by atoms with Crippen molar-refractivity contribution >= 4 is 5.71 Å². The Labute approximate surface area is 144 Å². The minimum Gasteiger partial charge on any atom is -0.384 e. The molecular formula is C21H27N3. The molecule has 3 nitrogen and oxygen atoms in total. The monoisotopic (exact) mass is 321 g/mol. The van der Waals surface area contributed by atoms with Gasteiger partial charge in [0.05, 0.1) is 17.1 Å². The third kappa shape index (κ3) is 2.21. The number of nitrogens with zero attached hydrogens (tertiary/aromatic N) is 1. The summed E-state index contributed by atoms with van der Waals surface area (Å²) in [4.78, 5) is 8.21. The SMILES string of the molecule is CC1=C(C)C(c2ccc[nH]2)=NC1=CNC12CC3CC(CC(C3)C1)C2. The van der Waals surface area contributed by atoms with Crippen molar-refractivity contribution in [3.8, 4) is 0 Å². The Bertz CT molecular complexity index is 713. The average Bonchev–Trinajstić information content (AvgIpc) is 3.15. The van der Waals surface area contributed by atoms with E-state index in [-0.39, 0.29) is 0 Å². The molecule has 1 aromatic rings. The van der Waals surface area contributed by atoms with Crippen molar-refractivity contribution in [1.82, 2.24) is 10.3 Å². The molecule has 0 spiro atoms. The van der Waals surface area contributed by atoms with E-state index in [1.165, 1.54) is 49.7 Å². The van der Waals surface area contributed by atoms with E-state index in [1.54, 1.807) is 0 Å². The molecule has 3 heteroatoms. The van der Waals surface area contributed by atoms with Gasteiger partial charge in [-0.1, -0.05) is 0 Å². The highest BCUT2D eigenvalue weighted by molar-refractivity contribution is 6.14. The number of H-pyrrole nitrogens is 1. The van der Waals surface area contributed by atoms with E-state index in [4.69, 9.17) is 4.99 Å². The highest BCUT2D eigenvalue weighted by Gasteiger charge is 2.50. The summed E-state index contributed by atoms with van der Waals surface area (Å²) in [7, 11) is 0. The molecule has 24 heavy (non-hydrogen) atoms. The smallest absolute Gasteiger partial charge is 0.0904 e.